The van der Waals surface area contributed by atoms with Gasteiger partial charge in [-0.15, -0.1) is 0 Å². The van der Waals surface area contributed by atoms with Crippen molar-refractivity contribution in [3.8, 4) is 0 Å². The number of thiocarbonyl (C=S) groups is 1. The van der Waals surface area contributed by atoms with Crippen molar-refractivity contribution >= 4 is 23.0 Å². The van der Waals surface area contributed by atoms with Crippen molar-refractivity contribution in [2.75, 3.05) is 5.32 Å². The van der Waals surface area contributed by atoms with E-state index in [-0.39, 0.29) is 17.2 Å². The van der Waals surface area contributed by atoms with E-state index in [0.717, 1.165) is 11.1 Å². The maximum absolute atomic E-state index is 13.1. The Labute approximate surface area is 191 Å². The zero-order valence-corrected chi connectivity index (χ0v) is 17.9. The molecule has 174 valence electrons. The van der Waals surface area contributed by atoms with Gasteiger partial charge in [0.25, 0.3) is 0 Å². The average molecular weight is 484 g/mol. The zero-order chi connectivity index (χ0) is 24.2. The van der Waals surface area contributed by atoms with E-state index < -0.39 is 35.2 Å². The molecule has 0 saturated carbocycles. The lowest BCUT2D eigenvalue weighted by Gasteiger charge is -2.25. The van der Waals surface area contributed by atoms with Crippen molar-refractivity contribution in [3.05, 3.63) is 101 Å². The highest BCUT2D eigenvalue weighted by atomic mass is 32.1. The molecule has 0 aliphatic rings. The van der Waals surface area contributed by atoms with E-state index in [9.17, 15) is 26.3 Å². The topological polar surface area (TPSA) is 51.7 Å². The van der Waals surface area contributed by atoms with E-state index in [4.69, 9.17) is 12.2 Å². The van der Waals surface area contributed by atoms with Gasteiger partial charge in [0.2, 0.25) is 0 Å². The standard InChI is InChI=1S/C23H19F6N3S/c24-22(25,26)16-11-17(23(27,28)29)13-18(12-16)31-21(33)32-20(15-9-5-2-6-10-15)19(30)14-7-3-1-4-8-14/h1-13,19-20H,30H2,(H2,31,32,33)/p+1/t19-,20-/m0/s1. The van der Waals surface area contributed by atoms with Crippen molar-refractivity contribution < 1.29 is 32.1 Å². The predicted molar refractivity (Wildman–Crippen MR) is 117 cm³/mol. The number of nitrogens with one attached hydrogen (secondary N) is 2. The summed E-state index contributed by atoms with van der Waals surface area (Å²) in [6.45, 7) is 0. The summed E-state index contributed by atoms with van der Waals surface area (Å²) < 4.78 is 78.9. The minimum absolute atomic E-state index is 0.0653. The summed E-state index contributed by atoms with van der Waals surface area (Å²) in [7, 11) is 0. The number of anilines is 1. The Hall–Kier alpha value is -3.11. The lowest BCUT2D eigenvalue weighted by molar-refractivity contribution is -0.433. The van der Waals surface area contributed by atoms with E-state index >= 15 is 0 Å². The van der Waals surface area contributed by atoms with Gasteiger partial charge in [-0.25, -0.2) is 0 Å². The molecule has 0 saturated heterocycles. The average Bonchev–Trinajstić information content (AvgIpc) is 2.77. The van der Waals surface area contributed by atoms with Crippen LogP contribution in [0.25, 0.3) is 0 Å². The second-order valence-corrected chi connectivity index (χ2v) is 7.71. The van der Waals surface area contributed by atoms with E-state index in [1.807, 2.05) is 48.5 Å². The van der Waals surface area contributed by atoms with Gasteiger partial charge in [0.1, 0.15) is 12.1 Å². The van der Waals surface area contributed by atoms with Gasteiger partial charge in [-0.2, -0.15) is 26.3 Å². The van der Waals surface area contributed by atoms with Gasteiger partial charge in [-0.05, 0) is 36.0 Å². The van der Waals surface area contributed by atoms with Gasteiger partial charge in [0.05, 0.1) is 11.1 Å². The summed E-state index contributed by atoms with van der Waals surface area (Å²) in [5.74, 6) is 0. The van der Waals surface area contributed by atoms with Crippen molar-refractivity contribution in [1.29, 1.82) is 0 Å². The summed E-state index contributed by atoms with van der Waals surface area (Å²) in [5.41, 5.74) is 2.58. The third-order valence-corrected chi connectivity index (χ3v) is 5.14. The van der Waals surface area contributed by atoms with Crippen LogP contribution in [-0.4, -0.2) is 5.11 Å². The van der Waals surface area contributed by atoms with Crippen molar-refractivity contribution in [1.82, 2.24) is 5.32 Å². The SMILES string of the molecule is [NH3+][C@@H](c1ccccc1)[C@@H](NC(=S)Nc1cc(C(F)(F)F)cc(C(F)(F)F)c1)c1ccccc1. The van der Waals surface area contributed by atoms with Crippen LogP contribution in [0.3, 0.4) is 0 Å². The Morgan fingerprint density at radius 1 is 0.727 bits per heavy atom. The summed E-state index contributed by atoms with van der Waals surface area (Å²) >= 11 is 5.24. The first kappa shape index (κ1) is 24.5. The van der Waals surface area contributed by atoms with Gasteiger partial charge in [0.15, 0.2) is 5.11 Å². The van der Waals surface area contributed by atoms with Crippen molar-refractivity contribution in [3.63, 3.8) is 0 Å². The Morgan fingerprint density at radius 3 is 1.64 bits per heavy atom. The molecule has 2 atom stereocenters. The number of hydrogen-bond donors (Lipinski definition) is 3. The van der Waals surface area contributed by atoms with Crippen LogP contribution in [0.5, 0.6) is 0 Å². The van der Waals surface area contributed by atoms with Crippen LogP contribution < -0.4 is 16.4 Å². The van der Waals surface area contributed by atoms with Gasteiger partial charge < -0.3 is 16.4 Å². The number of quaternary nitrogens is 1. The molecular weight excluding hydrogens is 464 g/mol. The quantitative estimate of drug-likeness (QED) is 0.320. The van der Waals surface area contributed by atoms with Crippen molar-refractivity contribution in [2.45, 2.75) is 24.4 Å². The van der Waals surface area contributed by atoms with Crippen LogP contribution in [0.15, 0.2) is 78.9 Å². The van der Waals surface area contributed by atoms with E-state index in [0.29, 0.717) is 12.1 Å². The number of benzene rings is 3. The Kier molecular flexibility index (Phi) is 7.28. The van der Waals surface area contributed by atoms with Gasteiger partial charge in [-0.1, -0.05) is 60.7 Å². The molecule has 0 bridgehead atoms. The number of alkyl halides is 6. The fourth-order valence-electron chi connectivity index (χ4n) is 3.30. The second-order valence-electron chi connectivity index (χ2n) is 7.30. The smallest absolute Gasteiger partial charge is 0.349 e. The largest absolute Gasteiger partial charge is 0.416 e. The van der Waals surface area contributed by atoms with E-state index in [1.165, 1.54) is 0 Å². The fourth-order valence-corrected chi connectivity index (χ4v) is 3.55. The molecule has 0 amide bonds. The Balaban J connectivity index is 1.89. The normalized spacial score (nSPS) is 13.8. The Morgan fingerprint density at radius 2 is 1.18 bits per heavy atom. The molecule has 0 fully saturated rings. The number of rotatable bonds is 5. The molecule has 0 spiro atoms. The molecule has 0 aliphatic carbocycles. The lowest BCUT2D eigenvalue weighted by Crippen LogP contribution is -2.59. The molecule has 0 heterocycles. The first-order valence-electron chi connectivity index (χ1n) is 9.75. The number of halogens is 6. The first-order valence-corrected chi connectivity index (χ1v) is 10.2. The summed E-state index contributed by atoms with van der Waals surface area (Å²) in [5, 5.41) is 5.32. The second kappa shape index (κ2) is 9.80. The molecule has 0 aliphatic heterocycles. The van der Waals surface area contributed by atoms with Crippen LogP contribution in [-0.2, 0) is 12.4 Å². The molecule has 0 radical (unpaired) electrons. The minimum atomic E-state index is -4.95. The van der Waals surface area contributed by atoms with Crippen LogP contribution in [0.4, 0.5) is 32.0 Å². The maximum Gasteiger partial charge on any atom is 0.416 e. The first-order chi connectivity index (χ1) is 15.4. The summed E-state index contributed by atoms with van der Waals surface area (Å²) in [6.07, 6.45) is -9.91. The third-order valence-electron chi connectivity index (χ3n) is 4.92. The van der Waals surface area contributed by atoms with E-state index in [1.54, 1.807) is 12.1 Å². The summed E-state index contributed by atoms with van der Waals surface area (Å²) in [6, 6.07) is 18.7. The molecule has 0 unspecified atom stereocenters. The maximum atomic E-state index is 13.1. The van der Waals surface area contributed by atoms with Crippen LogP contribution in [0, 0.1) is 0 Å². The molecule has 3 nitrogen and oxygen atoms in total. The van der Waals surface area contributed by atoms with E-state index in [2.05, 4.69) is 16.4 Å². The van der Waals surface area contributed by atoms with Crippen LogP contribution >= 0.6 is 12.2 Å². The zero-order valence-electron chi connectivity index (χ0n) is 17.0. The molecule has 5 N–H and O–H groups in total. The lowest BCUT2D eigenvalue weighted by atomic mass is 9.94. The fraction of sp³-hybridized carbons (Fsp3) is 0.174. The highest BCUT2D eigenvalue weighted by molar-refractivity contribution is 7.80. The molecule has 0 aromatic heterocycles. The monoisotopic (exact) mass is 484 g/mol. The molecule has 3 aromatic carbocycles. The third kappa shape index (κ3) is 6.45. The predicted octanol–water partition coefficient (Wildman–Crippen LogP) is 5.74. The molecule has 33 heavy (non-hydrogen) atoms. The minimum Gasteiger partial charge on any atom is -0.349 e. The highest BCUT2D eigenvalue weighted by Gasteiger charge is 2.37. The Bertz CT molecular complexity index is 1050. The molecule has 3 aromatic rings. The van der Waals surface area contributed by atoms with Crippen molar-refractivity contribution in [2.24, 2.45) is 0 Å². The van der Waals surface area contributed by atoms with Gasteiger partial charge in [-0.3, -0.25) is 0 Å². The molecule has 10 heteroatoms. The highest BCUT2D eigenvalue weighted by Crippen LogP contribution is 2.37. The van der Waals surface area contributed by atoms with Crippen LogP contribution in [0.1, 0.15) is 34.3 Å². The molecular formula is C23H20F6N3S+. The number of hydrogen-bond acceptors (Lipinski definition) is 1. The van der Waals surface area contributed by atoms with Gasteiger partial charge in [0, 0.05) is 11.3 Å². The van der Waals surface area contributed by atoms with Crippen LogP contribution in [0.2, 0.25) is 0 Å². The van der Waals surface area contributed by atoms with Gasteiger partial charge >= 0.3 is 12.4 Å². The molecule has 3 rings (SSSR count). The summed E-state index contributed by atoms with van der Waals surface area (Å²) in [4.78, 5) is 0.